The minimum Gasteiger partial charge on any atom is -0.465 e. The molecule has 1 fully saturated rings. The van der Waals surface area contributed by atoms with E-state index in [1.165, 1.54) is 0 Å². The number of carbonyl (C=O) groups excluding carboxylic acids is 2. The van der Waals surface area contributed by atoms with Crippen LogP contribution in [0.3, 0.4) is 0 Å². The Morgan fingerprint density at radius 2 is 1.44 bits per heavy atom. The zero-order valence-corrected chi connectivity index (χ0v) is 16.5. The largest absolute Gasteiger partial charge is 0.465 e. The van der Waals surface area contributed by atoms with E-state index < -0.39 is 29.1 Å². The number of rotatable bonds is 8. The second kappa shape index (κ2) is 8.85. The summed E-state index contributed by atoms with van der Waals surface area (Å²) < 4.78 is 21.9. The molecule has 1 unspecified atom stereocenters. The lowest BCUT2D eigenvalue weighted by molar-refractivity contribution is -0.161. The van der Waals surface area contributed by atoms with Crippen LogP contribution < -0.4 is 0 Å². The van der Waals surface area contributed by atoms with Gasteiger partial charge in [-0.2, -0.15) is 0 Å². The van der Waals surface area contributed by atoms with Crippen LogP contribution in [0.1, 0.15) is 54.9 Å². The topological polar surface area (TPSA) is 71.1 Å². The molecule has 0 aliphatic carbocycles. The summed E-state index contributed by atoms with van der Waals surface area (Å²) in [5.74, 6) is -2.09. The van der Waals surface area contributed by atoms with Gasteiger partial charge in [-0.25, -0.2) is 0 Å². The van der Waals surface area contributed by atoms with Gasteiger partial charge < -0.3 is 18.8 Å². The van der Waals surface area contributed by atoms with Crippen LogP contribution in [-0.4, -0.2) is 43.5 Å². The first-order valence-corrected chi connectivity index (χ1v) is 8.91. The summed E-state index contributed by atoms with van der Waals surface area (Å²) in [6, 6.07) is 0. The van der Waals surface area contributed by atoms with E-state index in [0.29, 0.717) is 0 Å². The third-order valence-corrected chi connectivity index (χ3v) is 4.65. The fraction of sp³-hybridized carbons (Fsp3) is 0.778. The van der Waals surface area contributed by atoms with Gasteiger partial charge in [0, 0.05) is 5.82 Å². The molecule has 0 bridgehead atoms. The fourth-order valence-corrected chi connectivity index (χ4v) is 2.40. The van der Waals surface area contributed by atoms with Gasteiger partial charge in [0.25, 0.3) is 0 Å². The molecule has 1 aliphatic heterocycles. The molecule has 0 spiro atoms. The quantitative estimate of drug-likeness (QED) is 0.289. The van der Waals surface area contributed by atoms with Crippen molar-refractivity contribution in [2.24, 2.45) is 5.92 Å². The second-order valence-corrected chi connectivity index (χ2v) is 7.20. The summed E-state index contributed by atoms with van der Waals surface area (Å²) in [4.78, 5) is 23.9. The molecule has 0 aromatic rings. The van der Waals surface area contributed by atoms with Crippen molar-refractivity contribution in [1.29, 1.82) is 0 Å². The lowest BCUT2D eigenvalue weighted by atomic mass is 9.73. The standard InChI is InChI=1S/C18H31BO6/c1-8-22-15(20)14(16(21)23-9-2)12-10-11-13(3)19-24-17(4,5)18(6,7)25-19/h10-11,13-14H,8-9,12H2,1-7H3. The lowest BCUT2D eigenvalue weighted by Gasteiger charge is -2.32. The number of allylic oxidation sites excluding steroid dienone is 2. The predicted molar refractivity (Wildman–Crippen MR) is 96.0 cm³/mol. The smallest absolute Gasteiger partial charge is 0.464 e. The molecule has 1 atom stereocenters. The molecule has 1 rings (SSSR count). The monoisotopic (exact) mass is 354 g/mol. The van der Waals surface area contributed by atoms with Crippen LogP contribution in [0.2, 0.25) is 5.82 Å². The average Bonchev–Trinajstić information content (AvgIpc) is 2.72. The van der Waals surface area contributed by atoms with E-state index in [4.69, 9.17) is 18.8 Å². The SMILES string of the molecule is CCOC(=O)C(CC=CC(C)B1OC(C)(C)C(C)(C)O1)C(=O)OCC. The van der Waals surface area contributed by atoms with Crippen molar-refractivity contribution in [3.63, 3.8) is 0 Å². The Morgan fingerprint density at radius 1 is 1.00 bits per heavy atom. The van der Waals surface area contributed by atoms with Crippen LogP contribution in [0.4, 0.5) is 0 Å². The van der Waals surface area contributed by atoms with Crippen LogP contribution in [-0.2, 0) is 28.4 Å². The minimum atomic E-state index is -0.943. The highest BCUT2D eigenvalue weighted by molar-refractivity contribution is 6.48. The van der Waals surface area contributed by atoms with Crippen LogP contribution in [0.5, 0.6) is 0 Å². The van der Waals surface area contributed by atoms with Gasteiger partial charge in [-0.3, -0.25) is 9.59 Å². The van der Waals surface area contributed by atoms with Crippen molar-refractivity contribution in [3.05, 3.63) is 12.2 Å². The van der Waals surface area contributed by atoms with Gasteiger partial charge >= 0.3 is 19.1 Å². The van der Waals surface area contributed by atoms with Gasteiger partial charge in [0.1, 0.15) is 0 Å². The van der Waals surface area contributed by atoms with Crippen molar-refractivity contribution in [3.8, 4) is 0 Å². The summed E-state index contributed by atoms with van der Waals surface area (Å²) in [6.45, 7) is 13.8. The van der Waals surface area contributed by atoms with Crippen molar-refractivity contribution in [2.45, 2.75) is 71.9 Å². The van der Waals surface area contributed by atoms with Gasteiger partial charge in [-0.1, -0.05) is 19.1 Å². The van der Waals surface area contributed by atoms with Gasteiger partial charge in [-0.15, -0.1) is 0 Å². The van der Waals surface area contributed by atoms with E-state index in [2.05, 4.69) is 0 Å². The second-order valence-electron chi connectivity index (χ2n) is 7.20. The first-order valence-electron chi connectivity index (χ1n) is 8.91. The number of carbonyl (C=O) groups is 2. The van der Waals surface area contributed by atoms with Crippen molar-refractivity contribution in [1.82, 2.24) is 0 Å². The summed E-state index contributed by atoms with van der Waals surface area (Å²) in [6.07, 6.45) is 3.91. The van der Waals surface area contributed by atoms with E-state index in [9.17, 15) is 9.59 Å². The Labute approximate surface area is 151 Å². The number of hydrogen-bond donors (Lipinski definition) is 0. The fourth-order valence-electron chi connectivity index (χ4n) is 2.40. The summed E-state index contributed by atoms with van der Waals surface area (Å²) >= 11 is 0. The molecular formula is C18H31BO6. The van der Waals surface area contributed by atoms with Crippen LogP contribution in [0.15, 0.2) is 12.2 Å². The predicted octanol–water partition coefficient (Wildman–Crippen LogP) is 3.16. The first-order chi connectivity index (χ1) is 11.6. The Balaban J connectivity index is 2.69. The van der Waals surface area contributed by atoms with E-state index in [1.807, 2.05) is 40.7 Å². The highest BCUT2D eigenvalue weighted by Gasteiger charge is 2.52. The molecule has 6 nitrogen and oxygen atoms in total. The molecule has 0 aromatic heterocycles. The molecule has 1 heterocycles. The zero-order chi connectivity index (χ0) is 19.3. The molecule has 0 radical (unpaired) electrons. The molecule has 25 heavy (non-hydrogen) atoms. The molecule has 7 heteroatoms. The van der Waals surface area contributed by atoms with Gasteiger partial charge in [0.2, 0.25) is 0 Å². The normalized spacial score (nSPS) is 20.1. The highest BCUT2D eigenvalue weighted by atomic mass is 16.7. The Kier molecular flexibility index (Phi) is 7.69. The molecule has 0 saturated carbocycles. The van der Waals surface area contributed by atoms with E-state index in [0.717, 1.165) is 0 Å². The lowest BCUT2D eigenvalue weighted by Crippen LogP contribution is -2.41. The van der Waals surface area contributed by atoms with Gasteiger partial charge in [0.05, 0.1) is 24.4 Å². The Morgan fingerprint density at radius 3 is 1.84 bits per heavy atom. The summed E-state index contributed by atoms with van der Waals surface area (Å²) in [7, 11) is -0.370. The van der Waals surface area contributed by atoms with E-state index in [-0.39, 0.29) is 32.6 Å². The maximum atomic E-state index is 12.0. The Bertz CT molecular complexity index is 466. The van der Waals surface area contributed by atoms with Crippen molar-refractivity contribution >= 4 is 19.1 Å². The van der Waals surface area contributed by atoms with Gasteiger partial charge in [0.15, 0.2) is 5.92 Å². The molecule has 1 saturated heterocycles. The minimum absolute atomic E-state index is 0.0221. The van der Waals surface area contributed by atoms with Crippen LogP contribution in [0, 0.1) is 5.92 Å². The number of ether oxygens (including phenoxy) is 2. The van der Waals surface area contributed by atoms with Gasteiger partial charge in [-0.05, 0) is 48.0 Å². The Hall–Kier alpha value is -1.34. The van der Waals surface area contributed by atoms with Crippen LogP contribution in [0.25, 0.3) is 0 Å². The summed E-state index contributed by atoms with van der Waals surface area (Å²) in [5, 5.41) is 0. The summed E-state index contributed by atoms with van der Waals surface area (Å²) in [5.41, 5.74) is -0.781. The van der Waals surface area contributed by atoms with E-state index in [1.54, 1.807) is 19.9 Å². The molecular weight excluding hydrogens is 323 g/mol. The first kappa shape index (κ1) is 21.7. The van der Waals surface area contributed by atoms with Crippen molar-refractivity contribution in [2.75, 3.05) is 13.2 Å². The third kappa shape index (κ3) is 5.58. The third-order valence-electron chi connectivity index (χ3n) is 4.65. The maximum Gasteiger partial charge on any atom is 0.464 e. The molecule has 142 valence electrons. The maximum absolute atomic E-state index is 12.0. The zero-order valence-electron chi connectivity index (χ0n) is 16.5. The molecule has 0 aromatic carbocycles. The van der Waals surface area contributed by atoms with Crippen molar-refractivity contribution < 1.29 is 28.4 Å². The van der Waals surface area contributed by atoms with Crippen LogP contribution >= 0.6 is 0 Å². The molecule has 1 aliphatic rings. The highest BCUT2D eigenvalue weighted by Crippen LogP contribution is 2.40. The van der Waals surface area contributed by atoms with E-state index >= 15 is 0 Å². The molecule has 0 N–H and O–H groups in total. The average molecular weight is 354 g/mol. The molecule has 0 amide bonds. The number of hydrogen-bond acceptors (Lipinski definition) is 6. The number of esters is 2.